The van der Waals surface area contributed by atoms with Gasteiger partial charge in [-0.05, 0) is 102 Å². The minimum atomic E-state index is 0.426. The Balaban J connectivity index is 0.000000948. The van der Waals surface area contributed by atoms with Gasteiger partial charge in [0.1, 0.15) is 0 Å². The molecule has 1 saturated heterocycles. The van der Waals surface area contributed by atoms with Gasteiger partial charge in [-0.2, -0.15) is 0 Å². The van der Waals surface area contributed by atoms with Crippen molar-refractivity contribution in [3.8, 4) is 0 Å². The van der Waals surface area contributed by atoms with Gasteiger partial charge in [-0.1, -0.05) is 35.8 Å². The number of rotatable bonds is 1. The van der Waals surface area contributed by atoms with Crippen LogP contribution in [0.2, 0.25) is 0 Å². The van der Waals surface area contributed by atoms with E-state index in [2.05, 4.69) is 73.8 Å². The SMILES string of the molecule is CC.Cc1cc(Br)c2c(c1)CCC1=CC(Br)=CNC1C2C1CCNCC1. The predicted molar refractivity (Wildman–Crippen MR) is 119 cm³/mol. The summed E-state index contributed by atoms with van der Waals surface area (Å²) in [6.45, 7) is 8.49. The first-order valence-corrected chi connectivity index (χ1v) is 11.5. The van der Waals surface area contributed by atoms with Gasteiger partial charge in [0.15, 0.2) is 0 Å². The molecule has 1 aromatic rings. The Bertz CT molecular complexity index is 702. The fourth-order valence-corrected chi connectivity index (χ4v) is 6.02. The fraction of sp³-hybridized carbons (Fsp3) is 0.545. The van der Waals surface area contributed by atoms with E-state index < -0.39 is 0 Å². The topological polar surface area (TPSA) is 24.1 Å². The molecule has 0 saturated carbocycles. The maximum atomic E-state index is 3.92. The molecule has 2 unspecified atom stereocenters. The highest BCUT2D eigenvalue weighted by Gasteiger charge is 2.38. The van der Waals surface area contributed by atoms with E-state index >= 15 is 0 Å². The second-order valence-electron chi connectivity index (χ2n) is 7.33. The summed E-state index contributed by atoms with van der Waals surface area (Å²) in [4.78, 5) is 0. The van der Waals surface area contributed by atoms with Crippen molar-refractivity contribution < 1.29 is 0 Å². The second kappa shape index (κ2) is 9.07. The van der Waals surface area contributed by atoms with Gasteiger partial charge in [-0.3, -0.25) is 0 Å². The first kappa shape index (κ1) is 20.2. The number of aryl methyl sites for hydroxylation is 2. The number of benzene rings is 1. The van der Waals surface area contributed by atoms with Gasteiger partial charge in [0.05, 0.1) is 6.04 Å². The number of fused-ring (bicyclic) bond motifs is 2. The average Bonchev–Trinajstić information content (AvgIpc) is 2.81. The minimum absolute atomic E-state index is 0.426. The van der Waals surface area contributed by atoms with Crippen LogP contribution in [0.5, 0.6) is 0 Å². The molecule has 0 bridgehead atoms. The zero-order valence-electron chi connectivity index (χ0n) is 16.0. The zero-order chi connectivity index (χ0) is 18.7. The summed E-state index contributed by atoms with van der Waals surface area (Å²) >= 11 is 7.57. The Morgan fingerprint density at radius 2 is 1.77 bits per heavy atom. The highest BCUT2D eigenvalue weighted by molar-refractivity contribution is 9.12. The van der Waals surface area contributed by atoms with Crippen molar-refractivity contribution in [2.45, 2.75) is 58.4 Å². The van der Waals surface area contributed by atoms with Gasteiger partial charge >= 0.3 is 0 Å². The normalized spacial score (nSPS) is 25.4. The Morgan fingerprint density at radius 1 is 1.04 bits per heavy atom. The van der Waals surface area contributed by atoms with Gasteiger partial charge in [0, 0.05) is 21.1 Å². The van der Waals surface area contributed by atoms with Crippen LogP contribution < -0.4 is 10.6 Å². The van der Waals surface area contributed by atoms with Gasteiger partial charge in [-0.15, -0.1) is 0 Å². The molecule has 4 heteroatoms. The second-order valence-corrected chi connectivity index (χ2v) is 9.10. The molecule has 2 N–H and O–H groups in total. The van der Waals surface area contributed by atoms with Crippen molar-refractivity contribution >= 4 is 31.9 Å². The van der Waals surface area contributed by atoms with Crippen molar-refractivity contribution in [1.29, 1.82) is 0 Å². The third-order valence-corrected chi connectivity index (χ3v) is 6.86. The first-order chi connectivity index (χ1) is 12.6. The van der Waals surface area contributed by atoms with E-state index in [-0.39, 0.29) is 0 Å². The summed E-state index contributed by atoms with van der Waals surface area (Å²) in [5.41, 5.74) is 6.00. The molecule has 2 aliphatic heterocycles. The van der Waals surface area contributed by atoms with E-state index in [9.17, 15) is 0 Å². The molecule has 2 heterocycles. The summed E-state index contributed by atoms with van der Waals surface area (Å²) in [5, 5.41) is 7.25. The molecule has 2 atom stereocenters. The Labute approximate surface area is 175 Å². The molecule has 4 rings (SSSR count). The van der Waals surface area contributed by atoms with Gasteiger partial charge in [-0.25, -0.2) is 0 Å². The number of dihydropyridines is 1. The van der Waals surface area contributed by atoms with E-state index in [1.54, 1.807) is 16.7 Å². The molecule has 0 amide bonds. The molecule has 1 fully saturated rings. The number of hydrogen-bond donors (Lipinski definition) is 2. The van der Waals surface area contributed by atoms with E-state index in [0.717, 1.165) is 31.8 Å². The average molecular weight is 482 g/mol. The predicted octanol–water partition coefficient (Wildman–Crippen LogP) is 5.95. The lowest BCUT2D eigenvalue weighted by molar-refractivity contribution is 0.287. The summed E-state index contributed by atoms with van der Waals surface area (Å²) in [7, 11) is 0. The van der Waals surface area contributed by atoms with Crippen LogP contribution in [0.25, 0.3) is 0 Å². The van der Waals surface area contributed by atoms with Crippen molar-refractivity contribution in [3.63, 3.8) is 0 Å². The van der Waals surface area contributed by atoms with Crippen LogP contribution in [-0.4, -0.2) is 19.1 Å². The van der Waals surface area contributed by atoms with E-state index in [1.807, 2.05) is 13.8 Å². The molecular weight excluding hydrogens is 452 g/mol. The molecule has 3 aliphatic rings. The first-order valence-electron chi connectivity index (χ1n) is 9.95. The molecule has 0 aromatic heterocycles. The van der Waals surface area contributed by atoms with Gasteiger partial charge in [0.25, 0.3) is 0 Å². The summed E-state index contributed by atoms with van der Waals surface area (Å²) in [6, 6.07) is 5.14. The van der Waals surface area contributed by atoms with Gasteiger partial charge < -0.3 is 10.6 Å². The molecule has 0 radical (unpaired) electrons. The number of halogens is 2. The maximum Gasteiger partial charge on any atom is 0.0543 e. The van der Waals surface area contributed by atoms with E-state index in [1.165, 1.54) is 27.4 Å². The maximum absolute atomic E-state index is 3.92. The third kappa shape index (κ3) is 4.13. The Hall–Kier alpha value is -0.580. The van der Waals surface area contributed by atoms with Crippen LogP contribution in [0.4, 0.5) is 0 Å². The van der Waals surface area contributed by atoms with Crippen LogP contribution in [0.15, 0.2) is 38.9 Å². The molecule has 0 spiro atoms. The monoisotopic (exact) mass is 480 g/mol. The molecular formula is C22H30Br2N2. The molecule has 26 heavy (non-hydrogen) atoms. The van der Waals surface area contributed by atoms with Crippen LogP contribution in [0.3, 0.4) is 0 Å². The molecule has 142 valence electrons. The quantitative estimate of drug-likeness (QED) is 0.517. The lowest BCUT2D eigenvalue weighted by atomic mass is 9.73. The van der Waals surface area contributed by atoms with E-state index in [4.69, 9.17) is 0 Å². The molecule has 1 aromatic carbocycles. The van der Waals surface area contributed by atoms with E-state index in [0.29, 0.717) is 12.0 Å². The van der Waals surface area contributed by atoms with Gasteiger partial charge in [0.2, 0.25) is 0 Å². The van der Waals surface area contributed by atoms with Crippen LogP contribution in [-0.2, 0) is 6.42 Å². The largest absolute Gasteiger partial charge is 0.383 e. The summed E-state index contributed by atoms with van der Waals surface area (Å²) in [6.07, 6.45) is 9.30. The third-order valence-electron chi connectivity index (χ3n) is 5.75. The van der Waals surface area contributed by atoms with Crippen LogP contribution in [0, 0.1) is 12.8 Å². The van der Waals surface area contributed by atoms with Crippen molar-refractivity contribution in [1.82, 2.24) is 10.6 Å². The van der Waals surface area contributed by atoms with Crippen molar-refractivity contribution in [2.24, 2.45) is 5.92 Å². The van der Waals surface area contributed by atoms with Crippen molar-refractivity contribution in [3.05, 3.63) is 55.6 Å². The minimum Gasteiger partial charge on any atom is -0.383 e. The highest BCUT2D eigenvalue weighted by Crippen LogP contribution is 2.46. The van der Waals surface area contributed by atoms with Crippen molar-refractivity contribution in [2.75, 3.05) is 13.1 Å². The smallest absolute Gasteiger partial charge is 0.0543 e. The Morgan fingerprint density at radius 3 is 2.50 bits per heavy atom. The standard InChI is InChI=1S/C20H24Br2N2.C2H6/c1-12-8-14-2-3-15-10-16(21)11-24-20(15)19(18(14)17(22)9-12)13-4-6-23-7-5-13;1-2/h8-11,13,19-20,23-24H,2-7H2,1H3;1-2H3. The Kier molecular flexibility index (Phi) is 7.04. The highest BCUT2D eigenvalue weighted by atomic mass is 79.9. The number of piperidine rings is 1. The zero-order valence-corrected chi connectivity index (χ0v) is 19.2. The molecule has 1 aliphatic carbocycles. The number of allylic oxidation sites excluding steroid dienone is 2. The lowest BCUT2D eigenvalue weighted by Gasteiger charge is -2.39. The van der Waals surface area contributed by atoms with Crippen LogP contribution >= 0.6 is 31.9 Å². The summed E-state index contributed by atoms with van der Waals surface area (Å²) in [5.74, 6) is 1.27. The number of nitrogens with one attached hydrogen (secondary N) is 2. The fourth-order valence-electron chi connectivity index (χ4n) is 4.71. The van der Waals surface area contributed by atoms with Crippen LogP contribution in [0.1, 0.15) is 55.7 Å². The molecule has 2 nitrogen and oxygen atoms in total. The summed E-state index contributed by atoms with van der Waals surface area (Å²) < 4.78 is 2.47. The lowest BCUT2D eigenvalue weighted by Crippen LogP contribution is -2.41. The number of hydrogen-bond acceptors (Lipinski definition) is 2.